The lowest BCUT2D eigenvalue weighted by molar-refractivity contribution is -0.128. The van der Waals surface area contributed by atoms with Crippen molar-refractivity contribution >= 4 is 28.8 Å². The third kappa shape index (κ3) is 4.06. The summed E-state index contributed by atoms with van der Waals surface area (Å²) in [6.45, 7) is 0.619. The molecular weight excluding hydrogens is 312 g/mol. The highest BCUT2D eigenvalue weighted by atomic mass is 32.2. The third-order valence-corrected chi connectivity index (χ3v) is 5.21. The molecule has 1 aliphatic carbocycles. The van der Waals surface area contributed by atoms with Gasteiger partial charge in [-0.05, 0) is 25.0 Å². The van der Waals surface area contributed by atoms with Gasteiger partial charge in [0.15, 0.2) is 5.58 Å². The van der Waals surface area contributed by atoms with Gasteiger partial charge in [-0.1, -0.05) is 36.7 Å². The average molecular weight is 334 g/mol. The van der Waals surface area contributed by atoms with Gasteiger partial charge in [-0.2, -0.15) is 0 Å². The number of amides is 1. The van der Waals surface area contributed by atoms with Gasteiger partial charge in [-0.25, -0.2) is 4.98 Å². The zero-order valence-electron chi connectivity index (χ0n) is 13.3. The van der Waals surface area contributed by atoms with Gasteiger partial charge >= 0.3 is 0 Å². The van der Waals surface area contributed by atoms with E-state index in [1.54, 1.807) is 11.9 Å². The maximum absolute atomic E-state index is 12.3. The minimum absolute atomic E-state index is 0.0371. The summed E-state index contributed by atoms with van der Waals surface area (Å²) in [5, 5.41) is 10.5. The molecule has 0 saturated heterocycles. The van der Waals surface area contributed by atoms with Crippen LogP contribution in [-0.4, -0.2) is 46.3 Å². The average Bonchev–Trinajstić information content (AvgIpc) is 2.97. The first-order valence-corrected chi connectivity index (χ1v) is 9.02. The van der Waals surface area contributed by atoms with E-state index in [-0.39, 0.29) is 17.9 Å². The first kappa shape index (κ1) is 16.3. The number of para-hydroxylation sites is 2. The van der Waals surface area contributed by atoms with Crippen LogP contribution in [0, 0.1) is 5.92 Å². The molecule has 5 nitrogen and oxygen atoms in total. The fraction of sp³-hybridized carbons (Fsp3) is 0.529. The Morgan fingerprint density at radius 3 is 2.96 bits per heavy atom. The summed E-state index contributed by atoms with van der Waals surface area (Å²) in [6, 6.07) is 7.57. The van der Waals surface area contributed by atoms with Crippen molar-refractivity contribution in [1.82, 2.24) is 9.88 Å². The van der Waals surface area contributed by atoms with Crippen LogP contribution in [0.2, 0.25) is 0 Å². The lowest BCUT2D eigenvalue weighted by atomic mass is 9.86. The van der Waals surface area contributed by atoms with Crippen molar-refractivity contribution in [3.63, 3.8) is 0 Å². The fourth-order valence-electron chi connectivity index (χ4n) is 3.00. The Hall–Kier alpha value is -1.53. The molecule has 0 aliphatic heterocycles. The van der Waals surface area contributed by atoms with Crippen molar-refractivity contribution in [2.24, 2.45) is 5.92 Å². The SMILES string of the molecule is CN(CC1CCCCC1O)C(=O)CSc1nc2ccccc2o1. The van der Waals surface area contributed by atoms with Gasteiger partial charge in [0, 0.05) is 19.5 Å². The van der Waals surface area contributed by atoms with Crippen molar-refractivity contribution in [3.8, 4) is 0 Å². The molecule has 6 heteroatoms. The highest BCUT2D eigenvalue weighted by molar-refractivity contribution is 7.99. The van der Waals surface area contributed by atoms with E-state index < -0.39 is 0 Å². The van der Waals surface area contributed by atoms with E-state index in [1.165, 1.54) is 11.8 Å². The Balaban J connectivity index is 1.51. The molecule has 2 aromatic rings. The van der Waals surface area contributed by atoms with Crippen LogP contribution in [0.1, 0.15) is 25.7 Å². The lowest BCUT2D eigenvalue weighted by Crippen LogP contribution is -2.38. The van der Waals surface area contributed by atoms with Crippen molar-refractivity contribution in [3.05, 3.63) is 24.3 Å². The Morgan fingerprint density at radius 1 is 1.39 bits per heavy atom. The number of carbonyl (C=O) groups excluding carboxylic acids is 1. The maximum Gasteiger partial charge on any atom is 0.257 e. The molecular formula is C17H22N2O3S. The molecule has 1 aromatic heterocycles. The second kappa shape index (κ2) is 7.36. The predicted molar refractivity (Wildman–Crippen MR) is 90.3 cm³/mol. The van der Waals surface area contributed by atoms with E-state index in [1.807, 2.05) is 24.3 Å². The van der Waals surface area contributed by atoms with Gasteiger partial charge in [-0.3, -0.25) is 4.79 Å². The predicted octanol–water partition coefficient (Wildman–Crippen LogP) is 2.93. The van der Waals surface area contributed by atoms with E-state index in [9.17, 15) is 9.90 Å². The molecule has 2 unspecified atom stereocenters. The Bertz CT molecular complexity index is 640. The highest BCUT2D eigenvalue weighted by Gasteiger charge is 2.25. The molecule has 23 heavy (non-hydrogen) atoms. The molecule has 0 bridgehead atoms. The highest BCUT2D eigenvalue weighted by Crippen LogP contribution is 2.26. The van der Waals surface area contributed by atoms with Gasteiger partial charge in [-0.15, -0.1) is 0 Å². The van der Waals surface area contributed by atoms with Crippen molar-refractivity contribution in [2.75, 3.05) is 19.3 Å². The van der Waals surface area contributed by atoms with E-state index in [0.717, 1.165) is 36.8 Å². The second-order valence-electron chi connectivity index (χ2n) is 6.12. The lowest BCUT2D eigenvalue weighted by Gasteiger charge is -2.31. The topological polar surface area (TPSA) is 66.6 Å². The molecule has 1 aliphatic rings. The quantitative estimate of drug-likeness (QED) is 0.852. The number of nitrogens with zero attached hydrogens (tertiary/aromatic N) is 2. The molecule has 3 rings (SSSR count). The Kier molecular flexibility index (Phi) is 5.23. The van der Waals surface area contributed by atoms with Gasteiger partial charge < -0.3 is 14.4 Å². The number of aromatic nitrogens is 1. The molecule has 1 aromatic carbocycles. The minimum Gasteiger partial charge on any atom is -0.431 e. The molecule has 124 valence electrons. The third-order valence-electron chi connectivity index (χ3n) is 4.40. The molecule has 2 atom stereocenters. The number of aliphatic hydroxyl groups excluding tert-OH is 1. The molecule has 1 fully saturated rings. The summed E-state index contributed by atoms with van der Waals surface area (Å²) in [7, 11) is 1.80. The zero-order valence-corrected chi connectivity index (χ0v) is 14.1. The van der Waals surface area contributed by atoms with Crippen LogP contribution in [-0.2, 0) is 4.79 Å². The number of rotatable bonds is 5. The van der Waals surface area contributed by atoms with Crippen LogP contribution < -0.4 is 0 Å². The summed E-state index contributed by atoms with van der Waals surface area (Å²) in [5.74, 6) is 0.536. The van der Waals surface area contributed by atoms with Gasteiger partial charge in [0.05, 0.1) is 11.9 Å². The summed E-state index contributed by atoms with van der Waals surface area (Å²) < 4.78 is 5.61. The number of aliphatic hydroxyl groups is 1. The largest absolute Gasteiger partial charge is 0.431 e. The van der Waals surface area contributed by atoms with E-state index in [4.69, 9.17) is 4.42 Å². The summed E-state index contributed by atoms with van der Waals surface area (Å²) in [6.07, 6.45) is 3.80. The van der Waals surface area contributed by atoms with Crippen LogP contribution in [0.5, 0.6) is 0 Å². The first-order valence-electron chi connectivity index (χ1n) is 8.04. The normalized spacial score (nSPS) is 21.5. The van der Waals surface area contributed by atoms with Crippen LogP contribution in [0.25, 0.3) is 11.1 Å². The molecule has 0 spiro atoms. The van der Waals surface area contributed by atoms with Crippen LogP contribution >= 0.6 is 11.8 Å². The van der Waals surface area contributed by atoms with E-state index in [0.29, 0.717) is 17.5 Å². The zero-order chi connectivity index (χ0) is 16.2. The number of hydrogen-bond acceptors (Lipinski definition) is 5. The van der Waals surface area contributed by atoms with Crippen LogP contribution in [0.4, 0.5) is 0 Å². The molecule has 1 amide bonds. The number of benzene rings is 1. The van der Waals surface area contributed by atoms with Crippen molar-refractivity contribution < 1.29 is 14.3 Å². The Labute approximate surface area is 140 Å². The van der Waals surface area contributed by atoms with Crippen LogP contribution in [0.3, 0.4) is 0 Å². The number of hydrogen-bond donors (Lipinski definition) is 1. The van der Waals surface area contributed by atoms with E-state index in [2.05, 4.69) is 4.98 Å². The summed E-state index contributed by atoms with van der Waals surface area (Å²) in [4.78, 5) is 18.3. The summed E-state index contributed by atoms with van der Waals surface area (Å²) >= 11 is 1.31. The van der Waals surface area contributed by atoms with Gasteiger partial charge in [0.2, 0.25) is 5.91 Å². The number of thioether (sulfide) groups is 1. The molecule has 0 radical (unpaired) electrons. The second-order valence-corrected chi connectivity index (χ2v) is 7.05. The smallest absolute Gasteiger partial charge is 0.257 e. The van der Waals surface area contributed by atoms with Crippen LogP contribution in [0.15, 0.2) is 33.9 Å². The van der Waals surface area contributed by atoms with E-state index >= 15 is 0 Å². The van der Waals surface area contributed by atoms with Gasteiger partial charge in [0.1, 0.15) is 5.52 Å². The first-order chi connectivity index (χ1) is 11.1. The molecule has 1 N–H and O–H groups in total. The summed E-state index contributed by atoms with van der Waals surface area (Å²) in [5.41, 5.74) is 1.54. The molecule has 1 heterocycles. The molecule has 1 saturated carbocycles. The number of oxazole rings is 1. The minimum atomic E-state index is -0.274. The fourth-order valence-corrected chi connectivity index (χ4v) is 3.78. The number of carbonyl (C=O) groups is 1. The standard InChI is InChI=1S/C17H22N2O3S/c1-19(10-12-6-2-4-8-14(12)20)16(21)11-23-17-18-13-7-3-5-9-15(13)22-17/h3,5,7,9,12,14,20H,2,4,6,8,10-11H2,1H3. The number of fused-ring (bicyclic) bond motifs is 1. The monoisotopic (exact) mass is 334 g/mol. The van der Waals surface area contributed by atoms with Gasteiger partial charge in [0.25, 0.3) is 5.22 Å². The Morgan fingerprint density at radius 2 is 2.17 bits per heavy atom. The van der Waals surface area contributed by atoms with Crippen molar-refractivity contribution in [2.45, 2.75) is 37.0 Å². The van der Waals surface area contributed by atoms with Crippen molar-refractivity contribution in [1.29, 1.82) is 0 Å². The maximum atomic E-state index is 12.3.